The quantitative estimate of drug-likeness (QED) is 0.812. The van der Waals surface area contributed by atoms with Crippen molar-refractivity contribution >= 4 is 34.9 Å². The van der Waals surface area contributed by atoms with Gasteiger partial charge in [0.1, 0.15) is 0 Å². The van der Waals surface area contributed by atoms with Crippen LogP contribution in [-0.2, 0) is 0 Å². The SMILES string of the molecule is Cc1ccc(C(=O)O)c(N(CCCl)CCCl)c1. The van der Waals surface area contributed by atoms with Crippen LogP contribution in [-0.4, -0.2) is 35.9 Å². The number of anilines is 1. The van der Waals surface area contributed by atoms with Crippen LogP contribution in [0.4, 0.5) is 5.69 Å². The molecule has 0 aliphatic rings. The van der Waals surface area contributed by atoms with Crippen molar-refractivity contribution in [3.05, 3.63) is 29.3 Å². The van der Waals surface area contributed by atoms with Crippen LogP contribution in [0.1, 0.15) is 15.9 Å². The minimum Gasteiger partial charge on any atom is -0.478 e. The molecular weight excluding hydrogens is 261 g/mol. The lowest BCUT2D eigenvalue weighted by molar-refractivity contribution is 0.0697. The maximum Gasteiger partial charge on any atom is 0.337 e. The normalized spacial score (nSPS) is 10.3. The average Bonchev–Trinajstić information content (AvgIpc) is 2.28. The molecule has 0 atom stereocenters. The Kier molecular flexibility index (Phi) is 5.59. The largest absolute Gasteiger partial charge is 0.478 e. The van der Waals surface area contributed by atoms with E-state index >= 15 is 0 Å². The van der Waals surface area contributed by atoms with E-state index in [9.17, 15) is 4.79 Å². The number of carbonyl (C=O) groups is 1. The van der Waals surface area contributed by atoms with E-state index in [1.54, 1.807) is 12.1 Å². The standard InChI is InChI=1S/C12H15Cl2NO2/c1-9-2-3-10(12(16)17)11(8-9)15(6-4-13)7-5-14/h2-3,8H,4-7H2,1H3,(H,16,17). The van der Waals surface area contributed by atoms with Crippen molar-refractivity contribution in [3.8, 4) is 0 Å². The lowest BCUT2D eigenvalue weighted by atomic mass is 10.1. The van der Waals surface area contributed by atoms with E-state index in [-0.39, 0.29) is 5.56 Å². The molecule has 94 valence electrons. The maximum absolute atomic E-state index is 11.2. The minimum atomic E-state index is -0.936. The molecule has 1 rings (SSSR count). The first-order valence-electron chi connectivity index (χ1n) is 5.31. The van der Waals surface area contributed by atoms with Gasteiger partial charge in [0, 0.05) is 24.8 Å². The van der Waals surface area contributed by atoms with E-state index in [1.807, 2.05) is 17.9 Å². The van der Waals surface area contributed by atoms with Crippen LogP contribution >= 0.6 is 23.2 Å². The molecule has 0 radical (unpaired) electrons. The molecule has 0 fully saturated rings. The van der Waals surface area contributed by atoms with Gasteiger partial charge in [-0.2, -0.15) is 0 Å². The number of hydrogen-bond donors (Lipinski definition) is 1. The summed E-state index contributed by atoms with van der Waals surface area (Å²) in [6, 6.07) is 5.25. The summed E-state index contributed by atoms with van der Waals surface area (Å²) in [4.78, 5) is 13.1. The van der Waals surface area contributed by atoms with E-state index in [0.717, 1.165) is 5.56 Å². The van der Waals surface area contributed by atoms with Crippen molar-refractivity contribution in [2.75, 3.05) is 29.7 Å². The molecule has 17 heavy (non-hydrogen) atoms. The molecule has 5 heteroatoms. The molecule has 0 aromatic heterocycles. The minimum absolute atomic E-state index is 0.283. The van der Waals surface area contributed by atoms with E-state index in [1.165, 1.54) is 0 Å². The molecule has 1 N–H and O–H groups in total. The van der Waals surface area contributed by atoms with E-state index in [2.05, 4.69) is 0 Å². The summed E-state index contributed by atoms with van der Waals surface area (Å²) >= 11 is 11.4. The zero-order valence-electron chi connectivity index (χ0n) is 9.62. The fourth-order valence-corrected chi connectivity index (χ4v) is 2.05. The van der Waals surface area contributed by atoms with Crippen molar-refractivity contribution in [1.29, 1.82) is 0 Å². The van der Waals surface area contributed by atoms with Crippen LogP contribution in [0.15, 0.2) is 18.2 Å². The molecule has 0 heterocycles. The summed E-state index contributed by atoms with van der Waals surface area (Å²) in [5.41, 5.74) is 1.98. The van der Waals surface area contributed by atoms with Crippen LogP contribution in [0.2, 0.25) is 0 Å². The Morgan fingerprint density at radius 3 is 2.35 bits per heavy atom. The second-order valence-corrected chi connectivity index (χ2v) is 4.45. The smallest absolute Gasteiger partial charge is 0.337 e. The Morgan fingerprint density at radius 2 is 1.88 bits per heavy atom. The summed E-state index contributed by atoms with van der Waals surface area (Å²) in [7, 11) is 0. The highest BCUT2D eigenvalue weighted by atomic mass is 35.5. The Morgan fingerprint density at radius 1 is 1.29 bits per heavy atom. The van der Waals surface area contributed by atoms with Gasteiger partial charge in [0.25, 0.3) is 0 Å². The fraction of sp³-hybridized carbons (Fsp3) is 0.417. The van der Waals surface area contributed by atoms with Crippen molar-refractivity contribution in [1.82, 2.24) is 0 Å². The summed E-state index contributed by atoms with van der Waals surface area (Å²) in [5.74, 6) is -0.0671. The number of carboxylic acid groups (broad SMARTS) is 1. The van der Waals surface area contributed by atoms with Crippen molar-refractivity contribution in [3.63, 3.8) is 0 Å². The van der Waals surface area contributed by atoms with Gasteiger partial charge in [0.2, 0.25) is 0 Å². The summed E-state index contributed by atoms with van der Waals surface area (Å²) in [5, 5.41) is 9.15. The number of rotatable bonds is 6. The molecule has 0 aliphatic carbocycles. The Labute approximate surface area is 111 Å². The van der Waals surface area contributed by atoms with Crippen molar-refractivity contribution < 1.29 is 9.90 Å². The number of alkyl halides is 2. The third-order valence-corrected chi connectivity index (χ3v) is 2.77. The highest BCUT2D eigenvalue weighted by Crippen LogP contribution is 2.22. The Bertz CT molecular complexity index is 390. The topological polar surface area (TPSA) is 40.5 Å². The molecule has 3 nitrogen and oxygen atoms in total. The van der Waals surface area contributed by atoms with Gasteiger partial charge >= 0.3 is 5.97 Å². The molecule has 1 aromatic rings. The number of aromatic carboxylic acids is 1. The van der Waals surface area contributed by atoms with Crippen LogP contribution in [0, 0.1) is 6.92 Å². The highest BCUT2D eigenvalue weighted by molar-refractivity contribution is 6.18. The van der Waals surface area contributed by atoms with E-state index < -0.39 is 5.97 Å². The van der Waals surface area contributed by atoms with Gasteiger partial charge in [-0.05, 0) is 24.6 Å². The number of halogens is 2. The second kappa shape index (κ2) is 6.72. The summed E-state index contributed by atoms with van der Waals surface area (Å²) < 4.78 is 0. The average molecular weight is 276 g/mol. The van der Waals surface area contributed by atoms with Crippen molar-refractivity contribution in [2.24, 2.45) is 0 Å². The van der Waals surface area contributed by atoms with Gasteiger partial charge in [-0.25, -0.2) is 4.79 Å². The predicted molar refractivity (Wildman–Crippen MR) is 71.8 cm³/mol. The lowest BCUT2D eigenvalue weighted by Crippen LogP contribution is -2.29. The van der Waals surface area contributed by atoms with Gasteiger partial charge < -0.3 is 10.0 Å². The van der Waals surface area contributed by atoms with Gasteiger partial charge in [0.05, 0.1) is 11.3 Å². The third-order valence-electron chi connectivity index (χ3n) is 2.43. The Balaban J connectivity index is 3.14. The van der Waals surface area contributed by atoms with Crippen LogP contribution in [0.5, 0.6) is 0 Å². The number of aryl methyl sites for hydroxylation is 1. The first-order valence-corrected chi connectivity index (χ1v) is 6.38. The Hall–Kier alpha value is -0.930. The van der Waals surface area contributed by atoms with Crippen LogP contribution in [0.25, 0.3) is 0 Å². The maximum atomic E-state index is 11.2. The zero-order chi connectivity index (χ0) is 12.8. The third kappa shape index (κ3) is 3.79. The zero-order valence-corrected chi connectivity index (χ0v) is 11.1. The molecule has 1 aromatic carbocycles. The highest BCUT2D eigenvalue weighted by Gasteiger charge is 2.15. The first-order chi connectivity index (χ1) is 8.10. The van der Waals surface area contributed by atoms with E-state index in [0.29, 0.717) is 30.5 Å². The van der Waals surface area contributed by atoms with Gasteiger partial charge in [-0.15, -0.1) is 23.2 Å². The molecule has 0 spiro atoms. The van der Waals surface area contributed by atoms with E-state index in [4.69, 9.17) is 28.3 Å². The predicted octanol–water partition coefficient (Wildman–Crippen LogP) is 2.98. The van der Waals surface area contributed by atoms with Crippen LogP contribution < -0.4 is 4.90 Å². The molecule has 0 unspecified atom stereocenters. The summed E-state index contributed by atoms with van der Waals surface area (Å²) in [6.45, 7) is 3.09. The molecule has 0 saturated carbocycles. The molecule has 0 amide bonds. The molecule has 0 aliphatic heterocycles. The van der Waals surface area contributed by atoms with Gasteiger partial charge in [0.15, 0.2) is 0 Å². The number of nitrogens with zero attached hydrogens (tertiary/aromatic N) is 1. The molecule has 0 saturated heterocycles. The number of carboxylic acids is 1. The molecular formula is C12H15Cl2NO2. The number of benzene rings is 1. The summed E-state index contributed by atoms with van der Waals surface area (Å²) in [6.07, 6.45) is 0. The number of hydrogen-bond acceptors (Lipinski definition) is 2. The molecule has 0 bridgehead atoms. The lowest BCUT2D eigenvalue weighted by Gasteiger charge is -2.24. The first kappa shape index (κ1) is 14.1. The fourth-order valence-electron chi connectivity index (χ4n) is 1.64. The van der Waals surface area contributed by atoms with Gasteiger partial charge in [-0.3, -0.25) is 0 Å². The monoisotopic (exact) mass is 275 g/mol. The van der Waals surface area contributed by atoms with Crippen molar-refractivity contribution in [2.45, 2.75) is 6.92 Å². The van der Waals surface area contributed by atoms with Crippen LogP contribution in [0.3, 0.4) is 0 Å². The second-order valence-electron chi connectivity index (χ2n) is 3.69. The van der Waals surface area contributed by atoms with Gasteiger partial charge in [-0.1, -0.05) is 6.07 Å².